The maximum Gasteiger partial charge on any atom is 0.288 e. The van der Waals surface area contributed by atoms with Crippen LogP contribution in [-0.2, 0) is 17.6 Å². The van der Waals surface area contributed by atoms with Gasteiger partial charge in [-0.1, -0.05) is 30.4 Å². The molecule has 3 aromatic rings. The predicted molar refractivity (Wildman–Crippen MR) is 121 cm³/mol. The summed E-state index contributed by atoms with van der Waals surface area (Å²) in [6, 6.07) is 7.95. The highest BCUT2D eigenvalue weighted by Gasteiger charge is 2.24. The smallest absolute Gasteiger partial charge is 0.288 e. The van der Waals surface area contributed by atoms with Crippen molar-refractivity contribution in [1.29, 1.82) is 0 Å². The van der Waals surface area contributed by atoms with Crippen LogP contribution in [0.2, 0.25) is 0 Å². The van der Waals surface area contributed by atoms with Crippen molar-refractivity contribution in [1.82, 2.24) is 9.97 Å². The third kappa shape index (κ3) is 4.48. The lowest BCUT2D eigenvalue weighted by Crippen LogP contribution is -2.01. The average molecular weight is 444 g/mol. The van der Waals surface area contributed by atoms with E-state index in [2.05, 4.69) is 26.7 Å². The minimum atomic E-state index is -0.711. The summed E-state index contributed by atoms with van der Waals surface area (Å²) in [6.07, 6.45) is 4.59. The number of rotatable bonds is 7. The van der Waals surface area contributed by atoms with E-state index in [1.165, 1.54) is 6.08 Å². The second-order valence-electron chi connectivity index (χ2n) is 7.49. The molecule has 33 heavy (non-hydrogen) atoms. The molecule has 0 saturated carbocycles. The molecule has 1 N–H and O–H groups in total. The van der Waals surface area contributed by atoms with Crippen LogP contribution < -0.4 is 10.1 Å². The minimum absolute atomic E-state index is 0.0876. The normalized spacial score (nSPS) is 11.9. The summed E-state index contributed by atoms with van der Waals surface area (Å²) >= 11 is 0. The molecule has 0 spiro atoms. The number of carbonyl (C=O) groups excluding carboxylic acids is 1. The molecule has 0 atom stereocenters. The first-order valence-corrected chi connectivity index (χ1v) is 9.99. The van der Waals surface area contributed by atoms with Crippen molar-refractivity contribution in [3.8, 4) is 11.6 Å². The zero-order chi connectivity index (χ0) is 23.5. The summed E-state index contributed by atoms with van der Waals surface area (Å²) in [5.41, 5.74) is 2.60. The van der Waals surface area contributed by atoms with E-state index in [1.807, 2.05) is 0 Å². The highest BCUT2D eigenvalue weighted by molar-refractivity contribution is 5.90. The van der Waals surface area contributed by atoms with Crippen molar-refractivity contribution in [2.24, 2.45) is 0 Å². The second kappa shape index (κ2) is 9.01. The van der Waals surface area contributed by atoms with Gasteiger partial charge < -0.3 is 10.1 Å². The molecule has 164 valence electrons. The van der Waals surface area contributed by atoms with E-state index < -0.39 is 11.6 Å². The van der Waals surface area contributed by atoms with E-state index in [1.54, 1.807) is 37.3 Å². The second-order valence-corrected chi connectivity index (χ2v) is 7.49. The Balaban J connectivity index is 1.61. The van der Waals surface area contributed by atoms with Gasteiger partial charge >= 0.3 is 0 Å². The van der Waals surface area contributed by atoms with E-state index in [-0.39, 0.29) is 46.5 Å². The first kappa shape index (κ1) is 21.8. The van der Waals surface area contributed by atoms with Gasteiger partial charge in [-0.05, 0) is 37.1 Å². The number of carbonyl (C=O) groups is 1. The molecule has 6 nitrogen and oxygen atoms in total. The monoisotopic (exact) mass is 444 g/mol. The maximum absolute atomic E-state index is 14.9. The molecule has 1 aromatic heterocycles. The Labute approximate surface area is 189 Å². The molecule has 0 fully saturated rings. The fourth-order valence-electron chi connectivity index (χ4n) is 3.49. The van der Waals surface area contributed by atoms with E-state index >= 15 is 0 Å². The number of halogens is 2. The zero-order valence-corrected chi connectivity index (χ0v) is 17.7. The van der Waals surface area contributed by atoms with E-state index in [0.29, 0.717) is 12.1 Å². The van der Waals surface area contributed by atoms with Crippen molar-refractivity contribution in [3.05, 3.63) is 94.6 Å². The first-order valence-electron chi connectivity index (χ1n) is 9.99. The molecule has 0 bridgehead atoms. The molecule has 1 aliphatic carbocycles. The molecule has 0 radical (unpaired) electrons. The molecule has 0 saturated heterocycles. The fraction of sp³-hybridized carbons (Fsp3) is 0.120. The molecule has 8 heteroatoms. The molecular weight excluding hydrogens is 426 g/mol. The van der Waals surface area contributed by atoms with Crippen LogP contribution in [0.3, 0.4) is 0 Å². The number of aromatic nitrogens is 2. The number of hydrogen-bond donors (Lipinski definition) is 1. The van der Waals surface area contributed by atoms with E-state index in [9.17, 15) is 13.6 Å². The van der Waals surface area contributed by atoms with Crippen molar-refractivity contribution in [2.75, 3.05) is 5.32 Å². The number of allylic oxidation sites excluding steroid dienone is 2. The predicted octanol–water partition coefficient (Wildman–Crippen LogP) is 6.10. The van der Waals surface area contributed by atoms with E-state index in [0.717, 1.165) is 23.5 Å². The number of nitrogens with one attached hydrogen (secondary N) is 1. The summed E-state index contributed by atoms with van der Waals surface area (Å²) in [5, 5.41) is 2.99. The lowest BCUT2D eigenvalue weighted by molar-refractivity contribution is -0.114. The number of hydrogen-bond acceptors (Lipinski definition) is 5. The summed E-state index contributed by atoms with van der Waals surface area (Å²) in [4.78, 5) is 22.9. The zero-order valence-electron chi connectivity index (χ0n) is 17.7. The Kier molecular flexibility index (Phi) is 5.96. The van der Waals surface area contributed by atoms with Crippen LogP contribution in [0.25, 0.3) is 10.9 Å². The van der Waals surface area contributed by atoms with Gasteiger partial charge in [0, 0.05) is 29.3 Å². The van der Waals surface area contributed by atoms with Gasteiger partial charge in [-0.15, -0.1) is 0 Å². The van der Waals surface area contributed by atoms with Crippen molar-refractivity contribution >= 4 is 29.1 Å². The summed E-state index contributed by atoms with van der Waals surface area (Å²) < 4.78 is 35.0. The van der Waals surface area contributed by atoms with Crippen LogP contribution in [0, 0.1) is 18.2 Å². The number of ketones is 1. The van der Waals surface area contributed by atoms with Crippen molar-refractivity contribution in [2.45, 2.75) is 19.8 Å². The summed E-state index contributed by atoms with van der Waals surface area (Å²) in [5.74, 6) is -1.80. The number of ether oxygens (including phenoxy) is 1. The quantitative estimate of drug-likeness (QED) is 0.352. The van der Waals surface area contributed by atoms with Crippen LogP contribution in [0.15, 0.2) is 54.9 Å². The van der Waals surface area contributed by atoms with Crippen LogP contribution in [0.1, 0.15) is 23.6 Å². The average Bonchev–Trinajstić information content (AvgIpc) is 3.21. The van der Waals surface area contributed by atoms with Gasteiger partial charge in [0.1, 0.15) is 18.0 Å². The van der Waals surface area contributed by atoms with Crippen LogP contribution >= 0.6 is 0 Å². The van der Waals surface area contributed by atoms with Gasteiger partial charge in [-0.3, -0.25) is 4.79 Å². The number of fused-ring (bicyclic) bond motifs is 1. The number of anilines is 2. The molecular formula is C25H18F2N4O2. The largest absolute Gasteiger partial charge is 0.446 e. The summed E-state index contributed by atoms with van der Waals surface area (Å²) in [7, 11) is 0. The lowest BCUT2D eigenvalue weighted by atomic mass is 10.1. The molecule has 1 heterocycles. The Morgan fingerprint density at radius 2 is 2.06 bits per heavy atom. The maximum atomic E-state index is 14.9. The highest BCUT2D eigenvalue weighted by Crippen LogP contribution is 2.40. The van der Waals surface area contributed by atoms with Crippen LogP contribution in [-0.4, -0.2) is 15.8 Å². The van der Waals surface area contributed by atoms with Gasteiger partial charge in [0.05, 0.1) is 6.57 Å². The first-order chi connectivity index (χ1) is 15.9. The Bertz CT molecular complexity index is 1340. The third-order valence-corrected chi connectivity index (χ3v) is 5.10. The Morgan fingerprint density at radius 3 is 2.76 bits per heavy atom. The number of benzene rings is 2. The molecule has 0 amide bonds. The minimum Gasteiger partial charge on any atom is -0.446 e. The topological polar surface area (TPSA) is 68.5 Å². The van der Waals surface area contributed by atoms with Gasteiger partial charge in [0.15, 0.2) is 17.3 Å². The Morgan fingerprint density at radius 1 is 1.30 bits per heavy atom. The number of nitrogens with zero attached hydrogens (tertiary/aromatic N) is 3. The fourth-order valence-corrected chi connectivity index (χ4v) is 3.49. The molecule has 4 rings (SSSR count). The van der Waals surface area contributed by atoms with Crippen LogP contribution in [0.5, 0.6) is 11.6 Å². The van der Waals surface area contributed by atoms with Crippen molar-refractivity contribution < 1.29 is 18.3 Å². The van der Waals surface area contributed by atoms with Gasteiger partial charge in [-0.25, -0.2) is 23.6 Å². The standard InChI is InChI=1S/C25H18F2N4O2/c1-4-17(32)11-15-5-7-16(8-6-15)31-24-23(28-3)25(30-13-29-24)33-21-12-20(26)18-9-14(2)10-19(18)22(21)27/h4-8,10,12-13H,1,9,11H2,2H3,(H,29,30,31). The molecule has 2 aromatic carbocycles. The van der Waals surface area contributed by atoms with Gasteiger partial charge in [0.2, 0.25) is 5.88 Å². The van der Waals surface area contributed by atoms with Crippen molar-refractivity contribution in [3.63, 3.8) is 0 Å². The van der Waals surface area contributed by atoms with Gasteiger partial charge in [0.25, 0.3) is 5.69 Å². The highest BCUT2D eigenvalue weighted by atomic mass is 19.1. The molecule has 0 aliphatic heterocycles. The molecule has 0 unspecified atom stereocenters. The lowest BCUT2D eigenvalue weighted by Gasteiger charge is -2.13. The van der Waals surface area contributed by atoms with Gasteiger partial charge in [-0.2, -0.15) is 0 Å². The third-order valence-electron chi connectivity index (χ3n) is 5.10. The van der Waals surface area contributed by atoms with Crippen LogP contribution in [0.4, 0.5) is 26.0 Å². The summed E-state index contributed by atoms with van der Waals surface area (Å²) in [6.45, 7) is 12.8. The SMILES string of the molecule is [C-]#[N+]c1c(Nc2ccc(CC(=O)C=C)cc2)ncnc1Oc1cc(F)c2c(c1F)C=C(C)C2. The Hall–Kier alpha value is -4.38. The van der Waals surface area contributed by atoms with E-state index in [4.69, 9.17) is 11.3 Å². The molecule has 1 aliphatic rings.